The quantitative estimate of drug-likeness (QED) is 0.193. The molecule has 0 aromatic heterocycles. The highest BCUT2D eigenvalue weighted by atomic mass is 19.3. The Bertz CT molecular complexity index is 1000. The van der Waals surface area contributed by atoms with Crippen molar-refractivity contribution in [3.63, 3.8) is 0 Å². The first-order valence-electron chi connectivity index (χ1n) is 13.0. The number of ether oxygens (including phenoxy) is 5. The fraction of sp³-hybridized carbons (Fsp3) is 0.846. The van der Waals surface area contributed by atoms with Gasteiger partial charge in [-0.2, -0.15) is 0 Å². The molecule has 3 heterocycles. The van der Waals surface area contributed by atoms with E-state index in [1.165, 1.54) is 21.0 Å². The maximum Gasteiger partial charge on any atom is 0.313 e. The number of hydrogen-bond acceptors (Lipinski definition) is 9. The van der Waals surface area contributed by atoms with Gasteiger partial charge in [0.2, 0.25) is 0 Å². The van der Waals surface area contributed by atoms with Crippen molar-refractivity contribution in [1.29, 1.82) is 0 Å². The molecule has 3 aliphatic heterocycles. The lowest BCUT2D eigenvalue weighted by atomic mass is 9.78. The zero-order chi connectivity index (χ0) is 31.7. The van der Waals surface area contributed by atoms with Gasteiger partial charge in [-0.1, -0.05) is 13.8 Å². The Labute approximate surface area is 233 Å². The highest BCUT2D eigenvalue weighted by Crippen LogP contribution is 2.51. The molecule has 3 aliphatic rings. The van der Waals surface area contributed by atoms with E-state index in [2.05, 4.69) is 4.74 Å². The standard InChI is InChI=1S/C15H20O7.C11H16F6O2/c1-5-15(2,3)14(18)22-11-8-6(12(16)19-4)7-9(20-8)10(11)21-13(7)17;1-4-9(2,3)8(18)19-6-10(14,15)5-11(16,17)7(12)13/h6-11H,5H2,1-4H3;7H,4-6H2,1-3H3. The molecule has 0 radical (unpaired) electrons. The highest BCUT2D eigenvalue weighted by molar-refractivity contribution is 5.87. The smallest absolute Gasteiger partial charge is 0.313 e. The normalized spacial score (nSPS) is 27.2. The van der Waals surface area contributed by atoms with Crippen LogP contribution in [-0.4, -0.2) is 80.3 Å². The summed E-state index contributed by atoms with van der Waals surface area (Å²) in [6.45, 7) is 8.29. The number of carbonyl (C=O) groups excluding carboxylic acids is 4. The molecule has 0 aromatic rings. The Morgan fingerprint density at radius 2 is 1.44 bits per heavy atom. The first-order chi connectivity index (χ1) is 18.7. The third-order valence-corrected chi connectivity index (χ3v) is 7.72. The largest absolute Gasteiger partial charge is 0.469 e. The number of hydrogen-bond donors (Lipinski definition) is 0. The molecule has 41 heavy (non-hydrogen) atoms. The summed E-state index contributed by atoms with van der Waals surface area (Å²) in [6, 6.07) is 0. The first-order valence-corrected chi connectivity index (χ1v) is 13.0. The van der Waals surface area contributed by atoms with Crippen LogP contribution in [0.1, 0.15) is 60.8 Å². The summed E-state index contributed by atoms with van der Waals surface area (Å²) in [5.74, 6) is -12.9. The molecule has 3 saturated heterocycles. The molecule has 0 aromatic carbocycles. The van der Waals surface area contributed by atoms with Crippen molar-refractivity contribution in [3.05, 3.63) is 0 Å². The number of methoxy groups -OCH3 is 1. The van der Waals surface area contributed by atoms with Gasteiger partial charge in [-0.05, 0) is 40.5 Å². The summed E-state index contributed by atoms with van der Waals surface area (Å²) in [4.78, 5) is 47.6. The lowest BCUT2D eigenvalue weighted by Crippen LogP contribution is -2.49. The van der Waals surface area contributed by atoms with E-state index >= 15 is 0 Å². The first kappa shape index (κ1) is 34.6. The van der Waals surface area contributed by atoms with Gasteiger partial charge < -0.3 is 23.7 Å². The number of carbonyl (C=O) groups is 4. The summed E-state index contributed by atoms with van der Waals surface area (Å²) >= 11 is 0. The number of alkyl halides is 6. The monoisotopic (exact) mass is 606 g/mol. The molecule has 9 nitrogen and oxygen atoms in total. The van der Waals surface area contributed by atoms with E-state index in [9.17, 15) is 45.5 Å². The fourth-order valence-corrected chi connectivity index (χ4v) is 4.29. The SMILES string of the molecule is CCC(C)(C)C(=O)OC1C2OC(=O)C3C2OC1C3C(=O)OC.CCC(C)(C)C(=O)OCC(F)(F)CC(F)(F)C(F)F. The lowest BCUT2D eigenvalue weighted by Gasteiger charge is -2.30. The second-order valence-electron chi connectivity index (χ2n) is 11.6. The molecule has 0 spiro atoms. The fourth-order valence-electron chi connectivity index (χ4n) is 4.29. The van der Waals surface area contributed by atoms with Crippen LogP contribution in [0.2, 0.25) is 0 Å². The van der Waals surface area contributed by atoms with Crippen LogP contribution in [0.25, 0.3) is 0 Å². The average Bonchev–Trinajstić information content (AvgIpc) is 3.50. The van der Waals surface area contributed by atoms with Crippen molar-refractivity contribution in [1.82, 2.24) is 0 Å². The van der Waals surface area contributed by atoms with Crippen LogP contribution in [-0.2, 0) is 42.9 Å². The van der Waals surface area contributed by atoms with Crippen molar-refractivity contribution in [2.45, 2.75) is 103 Å². The molecule has 2 bridgehead atoms. The molecule has 236 valence electrons. The Morgan fingerprint density at radius 3 is 1.93 bits per heavy atom. The van der Waals surface area contributed by atoms with E-state index in [0.29, 0.717) is 12.8 Å². The van der Waals surface area contributed by atoms with E-state index in [4.69, 9.17) is 18.9 Å². The van der Waals surface area contributed by atoms with Gasteiger partial charge in [0, 0.05) is 0 Å². The lowest BCUT2D eigenvalue weighted by molar-refractivity contribution is -0.198. The van der Waals surface area contributed by atoms with Crippen LogP contribution < -0.4 is 0 Å². The van der Waals surface area contributed by atoms with Gasteiger partial charge >= 0.3 is 36.2 Å². The maximum absolute atomic E-state index is 13.0. The predicted molar refractivity (Wildman–Crippen MR) is 127 cm³/mol. The Kier molecular flexibility index (Phi) is 10.4. The third kappa shape index (κ3) is 7.44. The minimum atomic E-state index is -4.82. The van der Waals surface area contributed by atoms with E-state index in [-0.39, 0.29) is 5.97 Å². The zero-order valence-corrected chi connectivity index (χ0v) is 23.8. The highest BCUT2D eigenvalue weighted by Gasteiger charge is 2.72. The number of fused-ring (bicyclic) bond motifs is 1. The van der Waals surface area contributed by atoms with Crippen molar-refractivity contribution in [3.8, 4) is 0 Å². The van der Waals surface area contributed by atoms with E-state index in [1.54, 1.807) is 20.8 Å². The molecule has 3 fully saturated rings. The van der Waals surface area contributed by atoms with E-state index in [0.717, 1.165) is 0 Å². The van der Waals surface area contributed by atoms with Gasteiger partial charge in [0.05, 0.1) is 24.4 Å². The summed E-state index contributed by atoms with van der Waals surface area (Å²) < 4.78 is 100. The second-order valence-corrected chi connectivity index (χ2v) is 11.6. The molecule has 6 atom stereocenters. The van der Waals surface area contributed by atoms with Gasteiger partial charge in [0.25, 0.3) is 5.92 Å². The van der Waals surface area contributed by atoms with Gasteiger partial charge in [0.1, 0.15) is 24.0 Å². The van der Waals surface area contributed by atoms with Crippen LogP contribution in [0.5, 0.6) is 0 Å². The molecule has 6 unspecified atom stereocenters. The van der Waals surface area contributed by atoms with Crippen molar-refractivity contribution < 1.29 is 69.2 Å². The van der Waals surface area contributed by atoms with Crippen LogP contribution in [0.4, 0.5) is 26.3 Å². The van der Waals surface area contributed by atoms with Crippen LogP contribution in [0, 0.1) is 22.7 Å². The van der Waals surface area contributed by atoms with Gasteiger partial charge in [0.15, 0.2) is 18.8 Å². The molecule has 0 aliphatic carbocycles. The van der Waals surface area contributed by atoms with Crippen LogP contribution in [0.3, 0.4) is 0 Å². The molecular weight excluding hydrogens is 570 g/mol. The van der Waals surface area contributed by atoms with Crippen molar-refractivity contribution >= 4 is 23.9 Å². The van der Waals surface area contributed by atoms with Crippen LogP contribution >= 0.6 is 0 Å². The predicted octanol–water partition coefficient (Wildman–Crippen LogP) is 4.34. The molecule has 3 rings (SSSR count). The summed E-state index contributed by atoms with van der Waals surface area (Å²) in [7, 11) is 1.26. The summed E-state index contributed by atoms with van der Waals surface area (Å²) in [5, 5.41) is 0. The Balaban J connectivity index is 0.000000291. The average molecular weight is 607 g/mol. The van der Waals surface area contributed by atoms with E-state index < -0.39 is 96.3 Å². The van der Waals surface area contributed by atoms with Gasteiger partial charge in [-0.25, -0.2) is 26.3 Å². The van der Waals surface area contributed by atoms with Gasteiger partial charge in [-0.3, -0.25) is 19.2 Å². The third-order valence-electron chi connectivity index (χ3n) is 7.72. The minimum Gasteiger partial charge on any atom is -0.469 e. The van der Waals surface area contributed by atoms with E-state index in [1.807, 2.05) is 6.92 Å². The Hall–Kier alpha value is -2.58. The maximum atomic E-state index is 13.0. The summed E-state index contributed by atoms with van der Waals surface area (Å²) in [5.41, 5.74) is -1.69. The topological polar surface area (TPSA) is 114 Å². The zero-order valence-electron chi connectivity index (χ0n) is 23.8. The number of halogens is 6. The number of esters is 4. The van der Waals surface area contributed by atoms with Crippen molar-refractivity contribution in [2.75, 3.05) is 13.7 Å². The molecule has 0 amide bonds. The van der Waals surface area contributed by atoms with Crippen molar-refractivity contribution in [2.24, 2.45) is 22.7 Å². The summed E-state index contributed by atoms with van der Waals surface area (Å²) in [6.07, 6.45) is -8.25. The molecular formula is C26H36F6O9. The Morgan fingerprint density at radius 1 is 0.902 bits per heavy atom. The number of rotatable bonds is 11. The van der Waals surface area contributed by atoms with Gasteiger partial charge in [-0.15, -0.1) is 0 Å². The molecule has 15 heteroatoms. The second kappa shape index (κ2) is 12.3. The molecule has 0 N–H and O–H groups in total. The minimum absolute atomic E-state index is 0.296. The molecule has 0 saturated carbocycles. The van der Waals surface area contributed by atoms with Crippen LogP contribution in [0.15, 0.2) is 0 Å².